The lowest BCUT2D eigenvalue weighted by Crippen LogP contribution is -2.35. The van der Waals surface area contributed by atoms with Crippen LogP contribution in [-0.2, 0) is 12.0 Å². The van der Waals surface area contributed by atoms with Crippen molar-refractivity contribution in [3.63, 3.8) is 0 Å². The Morgan fingerprint density at radius 3 is 2.60 bits per heavy atom. The van der Waals surface area contributed by atoms with Crippen LogP contribution in [0.1, 0.15) is 22.3 Å². The van der Waals surface area contributed by atoms with Crippen molar-refractivity contribution >= 4 is 16.8 Å². The molecule has 2 nitrogen and oxygen atoms in total. The van der Waals surface area contributed by atoms with Crippen molar-refractivity contribution in [3.8, 4) is 11.5 Å². The summed E-state index contributed by atoms with van der Waals surface area (Å²) in [7, 11) is 0. The van der Waals surface area contributed by atoms with Gasteiger partial charge in [-0.15, -0.1) is 0 Å². The number of fused-ring (bicyclic) bond motifs is 4. The minimum absolute atomic E-state index is 0.289. The van der Waals surface area contributed by atoms with Gasteiger partial charge in [0.15, 0.2) is 5.60 Å². The molecule has 6 rings (SSSR count). The molecule has 4 aromatic rings. The number of hydrogen-bond donors (Lipinski definition) is 0. The number of benzene rings is 4. The smallest absolute Gasteiger partial charge is 0.180 e. The zero-order chi connectivity index (χ0) is 20.1. The van der Waals surface area contributed by atoms with E-state index in [2.05, 4.69) is 30.3 Å². The second kappa shape index (κ2) is 6.46. The van der Waals surface area contributed by atoms with E-state index in [1.54, 1.807) is 12.1 Å². The Kier molecular flexibility index (Phi) is 3.72. The predicted octanol–water partition coefficient (Wildman–Crippen LogP) is 6.26. The Labute approximate surface area is 174 Å². The number of hydrogen-bond acceptors (Lipinski definition) is 2. The second-order valence-corrected chi connectivity index (χ2v) is 7.77. The maximum atomic E-state index is 15.1. The molecule has 0 saturated carbocycles. The van der Waals surface area contributed by atoms with Crippen LogP contribution in [-0.4, -0.2) is 6.61 Å². The van der Waals surface area contributed by atoms with Crippen molar-refractivity contribution < 1.29 is 13.9 Å². The molecule has 4 aromatic carbocycles. The van der Waals surface area contributed by atoms with E-state index < -0.39 is 5.60 Å². The molecule has 0 fully saturated rings. The molecule has 0 spiro atoms. The highest BCUT2D eigenvalue weighted by atomic mass is 19.1. The Bertz CT molecular complexity index is 1320. The summed E-state index contributed by atoms with van der Waals surface area (Å²) in [6.07, 6.45) is 4.90. The zero-order valence-electron chi connectivity index (χ0n) is 16.3. The fourth-order valence-electron chi connectivity index (χ4n) is 4.58. The lowest BCUT2D eigenvalue weighted by atomic mass is 9.82. The van der Waals surface area contributed by atoms with Crippen LogP contribution in [0.15, 0.2) is 84.9 Å². The highest BCUT2D eigenvalue weighted by Gasteiger charge is 2.40. The summed E-state index contributed by atoms with van der Waals surface area (Å²) < 4.78 is 27.4. The van der Waals surface area contributed by atoms with Crippen LogP contribution in [0.4, 0.5) is 4.39 Å². The van der Waals surface area contributed by atoms with E-state index in [1.165, 1.54) is 6.07 Å². The maximum absolute atomic E-state index is 15.1. The molecule has 3 heteroatoms. The van der Waals surface area contributed by atoms with Gasteiger partial charge in [0.2, 0.25) is 0 Å². The van der Waals surface area contributed by atoms with Crippen LogP contribution >= 0.6 is 0 Å². The first-order valence-corrected chi connectivity index (χ1v) is 10.2. The average molecular weight is 394 g/mol. The van der Waals surface area contributed by atoms with Gasteiger partial charge < -0.3 is 9.47 Å². The summed E-state index contributed by atoms with van der Waals surface area (Å²) in [5.41, 5.74) is 2.50. The molecular weight excluding hydrogens is 375 g/mol. The fourth-order valence-corrected chi connectivity index (χ4v) is 4.58. The van der Waals surface area contributed by atoms with Crippen molar-refractivity contribution in [1.82, 2.24) is 0 Å². The van der Waals surface area contributed by atoms with Crippen molar-refractivity contribution in [1.29, 1.82) is 0 Å². The van der Waals surface area contributed by atoms with Gasteiger partial charge in [-0.05, 0) is 52.8 Å². The van der Waals surface area contributed by atoms with Gasteiger partial charge in [-0.1, -0.05) is 54.6 Å². The van der Waals surface area contributed by atoms with E-state index in [9.17, 15) is 0 Å². The predicted molar refractivity (Wildman–Crippen MR) is 116 cm³/mol. The van der Waals surface area contributed by atoms with Crippen LogP contribution < -0.4 is 9.47 Å². The molecule has 1 unspecified atom stereocenters. The quantitative estimate of drug-likeness (QED) is 0.399. The van der Waals surface area contributed by atoms with Gasteiger partial charge in [0, 0.05) is 23.1 Å². The van der Waals surface area contributed by atoms with Gasteiger partial charge in [-0.3, -0.25) is 0 Å². The van der Waals surface area contributed by atoms with E-state index in [0.29, 0.717) is 12.2 Å². The summed E-state index contributed by atoms with van der Waals surface area (Å²) in [5, 5.41) is 2.27. The minimum atomic E-state index is -1.04. The Hall–Kier alpha value is -3.59. The topological polar surface area (TPSA) is 18.5 Å². The minimum Gasteiger partial charge on any atom is -0.493 e. The summed E-state index contributed by atoms with van der Waals surface area (Å²) in [5.74, 6) is 1.35. The van der Waals surface area contributed by atoms with Gasteiger partial charge in [0.05, 0.1) is 6.61 Å². The Morgan fingerprint density at radius 2 is 1.67 bits per heavy atom. The SMILES string of the molecule is Fc1ccccc1C1(c2ccc3c(c2)CCO3)C=Cc2c(ccc3ccccc23)O1. The largest absolute Gasteiger partial charge is 0.493 e. The second-order valence-electron chi connectivity index (χ2n) is 7.77. The molecule has 146 valence electrons. The molecule has 0 saturated heterocycles. The lowest BCUT2D eigenvalue weighted by molar-refractivity contribution is 0.156. The van der Waals surface area contributed by atoms with Crippen LogP contribution in [0.3, 0.4) is 0 Å². The first-order valence-electron chi connectivity index (χ1n) is 10.2. The van der Waals surface area contributed by atoms with Gasteiger partial charge >= 0.3 is 0 Å². The molecule has 2 aliphatic heterocycles. The third-order valence-electron chi connectivity index (χ3n) is 6.08. The van der Waals surface area contributed by atoms with E-state index in [1.807, 2.05) is 42.5 Å². The van der Waals surface area contributed by atoms with Crippen molar-refractivity contribution in [2.45, 2.75) is 12.0 Å². The third kappa shape index (κ3) is 2.48. The van der Waals surface area contributed by atoms with Crippen molar-refractivity contribution in [3.05, 3.63) is 113 Å². The molecule has 0 bridgehead atoms. The summed E-state index contributed by atoms with van der Waals surface area (Å²) in [6, 6.07) is 25.1. The first kappa shape index (κ1) is 17.3. The normalized spacial score (nSPS) is 19.1. The van der Waals surface area contributed by atoms with Crippen LogP contribution in [0, 0.1) is 5.82 Å². The van der Waals surface area contributed by atoms with E-state index in [-0.39, 0.29) is 5.82 Å². The van der Waals surface area contributed by atoms with Crippen molar-refractivity contribution in [2.75, 3.05) is 6.61 Å². The molecular formula is C27H19FO2. The fraction of sp³-hybridized carbons (Fsp3) is 0.111. The molecule has 0 amide bonds. The summed E-state index contributed by atoms with van der Waals surface area (Å²) in [4.78, 5) is 0. The number of rotatable bonds is 2. The van der Waals surface area contributed by atoms with Gasteiger partial charge in [0.25, 0.3) is 0 Å². The van der Waals surface area contributed by atoms with Crippen LogP contribution in [0.2, 0.25) is 0 Å². The highest BCUT2D eigenvalue weighted by Crippen LogP contribution is 2.45. The molecule has 0 radical (unpaired) electrons. The number of ether oxygens (including phenoxy) is 2. The van der Waals surface area contributed by atoms with E-state index in [0.717, 1.165) is 45.4 Å². The van der Waals surface area contributed by atoms with Crippen LogP contribution in [0.5, 0.6) is 11.5 Å². The van der Waals surface area contributed by atoms with Gasteiger partial charge in [-0.2, -0.15) is 0 Å². The number of halogens is 1. The maximum Gasteiger partial charge on any atom is 0.180 e. The molecule has 0 aromatic heterocycles. The molecule has 0 aliphatic carbocycles. The zero-order valence-corrected chi connectivity index (χ0v) is 16.3. The van der Waals surface area contributed by atoms with E-state index >= 15 is 4.39 Å². The van der Waals surface area contributed by atoms with Crippen LogP contribution in [0.25, 0.3) is 16.8 Å². The Morgan fingerprint density at radius 1 is 0.833 bits per heavy atom. The Balaban J connectivity index is 1.59. The van der Waals surface area contributed by atoms with Gasteiger partial charge in [-0.25, -0.2) is 4.39 Å². The highest BCUT2D eigenvalue weighted by molar-refractivity contribution is 5.94. The molecule has 1 atom stereocenters. The summed E-state index contributed by atoms with van der Waals surface area (Å²) in [6.45, 7) is 0.678. The lowest BCUT2D eigenvalue weighted by Gasteiger charge is -2.36. The standard InChI is InChI=1S/C27H19FO2/c28-24-8-4-3-7-23(24)27(20-10-12-25-19(17-20)14-16-29-25)15-13-22-21-6-2-1-5-18(21)9-11-26(22)30-27/h1-13,15,17H,14,16H2. The molecule has 0 N–H and O–H groups in total. The van der Waals surface area contributed by atoms with Gasteiger partial charge in [0.1, 0.15) is 17.3 Å². The average Bonchev–Trinajstić information content (AvgIpc) is 3.27. The first-order chi connectivity index (χ1) is 14.7. The molecule has 30 heavy (non-hydrogen) atoms. The summed E-state index contributed by atoms with van der Waals surface area (Å²) >= 11 is 0. The molecule has 2 heterocycles. The third-order valence-corrected chi connectivity index (χ3v) is 6.08. The monoisotopic (exact) mass is 394 g/mol. The molecule has 2 aliphatic rings. The van der Waals surface area contributed by atoms with E-state index in [4.69, 9.17) is 9.47 Å². The van der Waals surface area contributed by atoms with Crippen molar-refractivity contribution in [2.24, 2.45) is 0 Å².